The molecule has 1 aliphatic rings. The lowest BCUT2D eigenvalue weighted by atomic mass is 10.0. The van der Waals surface area contributed by atoms with E-state index in [0.717, 1.165) is 19.3 Å². The smallest absolute Gasteiger partial charge is 0.290 e. The van der Waals surface area contributed by atoms with Crippen LogP contribution in [0.3, 0.4) is 0 Å². The van der Waals surface area contributed by atoms with E-state index >= 15 is 0 Å². The van der Waals surface area contributed by atoms with Gasteiger partial charge in [-0.25, -0.2) is 15.0 Å². The number of nitrogens with zero attached hydrogens (tertiary/aromatic N) is 5. The molecule has 2 aromatic heterocycles. The zero-order valence-electron chi connectivity index (χ0n) is 17.4. The number of carbonyl (C=O) groups excluding carboxylic acids is 2. The summed E-state index contributed by atoms with van der Waals surface area (Å²) in [6.07, 6.45) is 7.57. The highest BCUT2D eigenvalue weighted by molar-refractivity contribution is 6.30. The van der Waals surface area contributed by atoms with E-state index < -0.39 is 0 Å². The van der Waals surface area contributed by atoms with Crippen LogP contribution in [0.15, 0.2) is 42.9 Å². The Kier molecular flexibility index (Phi) is 5.99. The van der Waals surface area contributed by atoms with E-state index in [1.54, 1.807) is 60.1 Å². The second-order valence-electron chi connectivity index (χ2n) is 7.56. The summed E-state index contributed by atoms with van der Waals surface area (Å²) in [7, 11) is 1.80. The molecular formula is C22H23ClN6O2. The largest absolute Gasteiger partial charge is 0.330 e. The molecule has 0 bridgehead atoms. The van der Waals surface area contributed by atoms with E-state index in [9.17, 15) is 9.59 Å². The number of rotatable bonds is 4. The summed E-state index contributed by atoms with van der Waals surface area (Å²) in [5, 5.41) is 3.42. The quantitative estimate of drug-likeness (QED) is 0.668. The molecule has 31 heavy (non-hydrogen) atoms. The highest BCUT2D eigenvalue weighted by Gasteiger charge is 2.32. The third-order valence-corrected chi connectivity index (χ3v) is 5.67. The molecule has 3 heterocycles. The first kappa shape index (κ1) is 21.0. The van der Waals surface area contributed by atoms with Crippen LogP contribution in [0, 0.1) is 6.92 Å². The number of aryl methyl sites for hydroxylation is 2. The fraction of sp³-hybridized carbons (Fsp3) is 0.318. The Labute approximate surface area is 185 Å². The number of aromatic nitrogens is 4. The van der Waals surface area contributed by atoms with Crippen LogP contribution in [0.2, 0.25) is 5.02 Å². The highest BCUT2D eigenvalue weighted by Crippen LogP contribution is 2.30. The number of imidazole rings is 1. The standard InChI is InChI=1S/C22H23ClN6O2/c1-14-17(21(30)27-16-8-6-15(23)7-9-16)13-25-19(26-14)18-5-3-4-11-29(18)22(31)20-24-10-12-28(20)2/h6-10,12-13,18H,3-5,11H2,1-2H3,(H,27,30). The maximum atomic E-state index is 13.1. The third kappa shape index (κ3) is 4.44. The summed E-state index contributed by atoms with van der Waals surface area (Å²) in [5.74, 6) is 0.504. The van der Waals surface area contributed by atoms with Crippen molar-refractivity contribution in [3.05, 3.63) is 70.8 Å². The number of benzene rings is 1. The van der Waals surface area contributed by atoms with Gasteiger partial charge in [0.1, 0.15) is 0 Å². The van der Waals surface area contributed by atoms with Crippen molar-refractivity contribution in [1.82, 2.24) is 24.4 Å². The van der Waals surface area contributed by atoms with Crippen molar-refractivity contribution in [2.24, 2.45) is 7.05 Å². The molecule has 4 rings (SSSR count). The number of carbonyl (C=O) groups is 2. The molecule has 2 amide bonds. The van der Waals surface area contributed by atoms with Crippen LogP contribution in [-0.4, -0.2) is 42.8 Å². The van der Waals surface area contributed by atoms with Crippen molar-refractivity contribution in [3.63, 3.8) is 0 Å². The molecule has 0 radical (unpaired) electrons. The molecule has 0 aliphatic carbocycles. The second-order valence-corrected chi connectivity index (χ2v) is 8.00. The lowest BCUT2D eigenvalue weighted by molar-refractivity contribution is 0.0582. The predicted octanol–water partition coefficient (Wildman–Crippen LogP) is 3.79. The molecule has 0 saturated carbocycles. The molecule has 3 aromatic rings. The molecule has 1 N–H and O–H groups in total. The molecule has 1 fully saturated rings. The summed E-state index contributed by atoms with van der Waals surface area (Å²) in [6, 6.07) is 6.63. The van der Waals surface area contributed by atoms with Crippen molar-refractivity contribution in [3.8, 4) is 0 Å². The van der Waals surface area contributed by atoms with Crippen LogP contribution >= 0.6 is 11.6 Å². The van der Waals surface area contributed by atoms with Crippen molar-refractivity contribution >= 4 is 29.1 Å². The normalized spacial score (nSPS) is 16.2. The average molecular weight is 439 g/mol. The predicted molar refractivity (Wildman–Crippen MR) is 117 cm³/mol. The summed E-state index contributed by atoms with van der Waals surface area (Å²) >= 11 is 5.89. The first-order valence-corrected chi connectivity index (χ1v) is 10.5. The van der Waals surface area contributed by atoms with Crippen LogP contribution in [0.5, 0.6) is 0 Å². The van der Waals surface area contributed by atoms with Crippen molar-refractivity contribution in [2.75, 3.05) is 11.9 Å². The topological polar surface area (TPSA) is 93.0 Å². The van der Waals surface area contributed by atoms with Crippen LogP contribution in [0.1, 0.15) is 57.8 Å². The molecule has 1 unspecified atom stereocenters. The Morgan fingerprint density at radius 3 is 2.61 bits per heavy atom. The molecule has 1 aliphatic heterocycles. The van der Waals surface area contributed by atoms with Gasteiger partial charge < -0.3 is 14.8 Å². The van der Waals surface area contributed by atoms with Gasteiger partial charge in [0.2, 0.25) is 0 Å². The lowest BCUT2D eigenvalue weighted by Crippen LogP contribution is -2.40. The van der Waals surface area contributed by atoms with E-state index in [2.05, 4.69) is 20.3 Å². The van der Waals surface area contributed by atoms with Gasteiger partial charge in [0.05, 0.1) is 17.3 Å². The van der Waals surface area contributed by atoms with E-state index in [-0.39, 0.29) is 17.9 Å². The number of hydrogen-bond acceptors (Lipinski definition) is 5. The Bertz CT molecular complexity index is 1110. The van der Waals surface area contributed by atoms with Crippen molar-refractivity contribution in [1.29, 1.82) is 0 Å². The number of hydrogen-bond donors (Lipinski definition) is 1. The number of nitrogens with one attached hydrogen (secondary N) is 1. The zero-order chi connectivity index (χ0) is 22.0. The molecule has 160 valence electrons. The number of amides is 2. The summed E-state index contributed by atoms with van der Waals surface area (Å²) in [5.41, 5.74) is 1.58. The average Bonchev–Trinajstić information content (AvgIpc) is 3.20. The van der Waals surface area contributed by atoms with Gasteiger partial charge in [-0.2, -0.15) is 0 Å². The van der Waals surface area contributed by atoms with E-state index in [4.69, 9.17) is 11.6 Å². The van der Waals surface area contributed by atoms with Crippen LogP contribution in [-0.2, 0) is 7.05 Å². The van der Waals surface area contributed by atoms with E-state index in [0.29, 0.717) is 40.2 Å². The van der Waals surface area contributed by atoms with Gasteiger partial charge in [-0.3, -0.25) is 9.59 Å². The maximum absolute atomic E-state index is 13.1. The Morgan fingerprint density at radius 1 is 1.16 bits per heavy atom. The third-order valence-electron chi connectivity index (χ3n) is 5.42. The first-order valence-electron chi connectivity index (χ1n) is 10.1. The summed E-state index contributed by atoms with van der Waals surface area (Å²) < 4.78 is 1.71. The minimum absolute atomic E-state index is 0.136. The molecular weight excluding hydrogens is 416 g/mol. The van der Waals surface area contributed by atoms with Crippen LogP contribution in [0.25, 0.3) is 0 Å². The maximum Gasteiger partial charge on any atom is 0.290 e. The van der Waals surface area contributed by atoms with Gasteiger partial charge in [0.25, 0.3) is 11.8 Å². The van der Waals surface area contributed by atoms with E-state index in [1.165, 1.54) is 6.20 Å². The minimum Gasteiger partial charge on any atom is -0.330 e. The first-order chi connectivity index (χ1) is 14.9. The Balaban J connectivity index is 1.55. The highest BCUT2D eigenvalue weighted by atomic mass is 35.5. The van der Waals surface area contributed by atoms with Crippen molar-refractivity contribution in [2.45, 2.75) is 32.2 Å². The molecule has 9 heteroatoms. The Hall–Kier alpha value is -3.26. The fourth-order valence-electron chi connectivity index (χ4n) is 3.74. The molecule has 1 atom stereocenters. The zero-order valence-corrected chi connectivity index (χ0v) is 18.1. The number of likely N-dealkylation sites (tertiary alicyclic amines) is 1. The van der Waals surface area contributed by atoms with Crippen LogP contribution < -0.4 is 5.32 Å². The lowest BCUT2D eigenvalue weighted by Gasteiger charge is -2.34. The molecule has 1 aromatic carbocycles. The van der Waals surface area contributed by atoms with Crippen LogP contribution in [0.4, 0.5) is 5.69 Å². The van der Waals surface area contributed by atoms with Gasteiger partial charge in [-0.15, -0.1) is 0 Å². The molecule has 8 nitrogen and oxygen atoms in total. The van der Waals surface area contributed by atoms with Gasteiger partial charge in [-0.1, -0.05) is 11.6 Å². The fourth-order valence-corrected chi connectivity index (χ4v) is 3.87. The second kappa shape index (κ2) is 8.85. The SMILES string of the molecule is Cc1nc(C2CCCCN2C(=O)c2nccn2C)ncc1C(=O)Nc1ccc(Cl)cc1. The van der Waals surface area contributed by atoms with Gasteiger partial charge >= 0.3 is 0 Å². The monoisotopic (exact) mass is 438 g/mol. The van der Waals surface area contributed by atoms with Gasteiger partial charge in [0.15, 0.2) is 11.6 Å². The molecule has 0 spiro atoms. The van der Waals surface area contributed by atoms with Gasteiger partial charge in [-0.05, 0) is 50.5 Å². The number of piperidine rings is 1. The summed E-state index contributed by atoms with van der Waals surface area (Å²) in [6.45, 7) is 2.40. The van der Waals surface area contributed by atoms with E-state index in [1.807, 2.05) is 0 Å². The minimum atomic E-state index is -0.295. The number of halogens is 1. The summed E-state index contributed by atoms with van der Waals surface area (Å²) in [4.78, 5) is 40.8. The van der Waals surface area contributed by atoms with Gasteiger partial charge in [0, 0.05) is 42.9 Å². The molecule has 1 saturated heterocycles. The van der Waals surface area contributed by atoms with Crippen molar-refractivity contribution < 1.29 is 9.59 Å². The number of anilines is 1. The Morgan fingerprint density at radius 2 is 1.94 bits per heavy atom.